The van der Waals surface area contributed by atoms with Crippen LogP contribution in [0.25, 0.3) is 0 Å². The van der Waals surface area contributed by atoms with Crippen molar-refractivity contribution in [3.05, 3.63) is 51.7 Å². The molecule has 1 heterocycles. The van der Waals surface area contributed by atoms with Crippen LogP contribution in [0, 0.1) is 0 Å². The van der Waals surface area contributed by atoms with Gasteiger partial charge in [-0.3, -0.25) is 0 Å². The third-order valence-corrected chi connectivity index (χ3v) is 3.77. The molecule has 3 nitrogen and oxygen atoms in total. The first-order valence-corrected chi connectivity index (χ1v) is 6.65. The van der Waals surface area contributed by atoms with Gasteiger partial charge in [0.05, 0.1) is 0 Å². The van der Waals surface area contributed by atoms with Crippen molar-refractivity contribution in [2.24, 2.45) is 0 Å². The number of carboxylic acid groups (broad SMARTS) is 1. The first kappa shape index (κ1) is 12.6. The molecule has 0 spiro atoms. The molecule has 0 amide bonds. The Kier molecular flexibility index (Phi) is 3.99. The maximum atomic E-state index is 10.7. The van der Waals surface area contributed by atoms with Gasteiger partial charge in [-0.2, -0.15) is 0 Å². The number of carbonyl (C=O) groups is 1. The molecular weight excluding hydrogens is 246 g/mol. The predicted octanol–water partition coefficient (Wildman–Crippen LogP) is 3.62. The van der Waals surface area contributed by atoms with Crippen molar-refractivity contribution in [1.82, 2.24) is 0 Å². The Labute approximate surface area is 110 Å². The van der Waals surface area contributed by atoms with Crippen molar-refractivity contribution in [1.29, 1.82) is 0 Å². The minimum Gasteiger partial charge on any atom is -0.477 e. The van der Waals surface area contributed by atoms with Crippen molar-refractivity contribution in [2.45, 2.75) is 19.9 Å². The second-order valence-corrected chi connectivity index (χ2v) is 5.14. The van der Waals surface area contributed by atoms with Crippen LogP contribution in [0.2, 0.25) is 0 Å². The summed E-state index contributed by atoms with van der Waals surface area (Å²) in [6, 6.07) is 11.8. The Bertz CT molecular complexity index is 531. The number of hydrogen-bond acceptors (Lipinski definition) is 3. The van der Waals surface area contributed by atoms with E-state index in [0.717, 1.165) is 17.0 Å². The van der Waals surface area contributed by atoms with Crippen LogP contribution in [0.15, 0.2) is 36.4 Å². The molecule has 0 saturated heterocycles. The summed E-state index contributed by atoms with van der Waals surface area (Å²) >= 11 is 1.31. The summed E-state index contributed by atoms with van der Waals surface area (Å²) in [6.45, 7) is 2.78. The minimum absolute atomic E-state index is 0.383. The number of benzene rings is 1. The van der Waals surface area contributed by atoms with Crippen LogP contribution >= 0.6 is 11.3 Å². The highest BCUT2D eigenvalue weighted by molar-refractivity contribution is 7.13. The zero-order chi connectivity index (χ0) is 13.0. The highest BCUT2D eigenvalue weighted by Crippen LogP contribution is 2.18. The molecule has 0 unspecified atom stereocenters. The number of thiophene rings is 1. The van der Waals surface area contributed by atoms with E-state index >= 15 is 0 Å². The molecule has 0 bridgehead atoms. The van der Waals surface area contributed by atoms with Gasteiger partial charge in [-0.1, -0.05) is 19.1 Å². The molecule has 0 aliphatic rings. The van der Waals surface area contributed by atoms with Gasteiger partial charge in [-0.25, -0.2) is 4.79 Å². The van der Waals surface area contributed by atoms with Gasteiger partial charge in [0.25, 0.3) is 0 Å². The van der Waals surface area contributed by atoms with Crippen LogP contribution in [-0.4, -0.2) is 11.1 Å². The molecule has 2 aromatic rings. The molecule has 0 fully saturated rings. The number of nitrogens with one attached hydrogen (secondary N) is 1. The van der Waals surface area contributed by atoms with Crippen molar-refractivity contribution in [3.63, 3.8) is 0 Å². The van der Waals surface area contributed by atoms with Gasteiger partial charge in [0.2, 0.25) is 0 Å². The van der Waals surface area contributed by atoms with Gasteiger partial charge in [0, 0.05) is 17.1 Å². The van der Waals surface area contributed by atoms with E-state index in [9.17, 15) is 4.79 Å². The topological polar surface area (TPSA) is 49.3 Å². The smallest absolute Gasteiger partial charge is 0.345 e. The van der Waals surface area contributed by atoms with Gasteiger partial charge < -0.3 is 10.4 Å². The lowest BCUT2D eigenvalue weighted by atomic mass is 10.1. The molecule has 0 aliphatic carbocycles. The molecule has 0 aliphatic heterocycles. The van der Waals surface area contributed by atoms with Gasteiger partial charge in [0.1, 0.15) is 4.88 Å². The molecule has 1 aromatic heterocycles. The molecule has 18 heavy (non-hydrogen) atoms. The zero-order valence-electron chi connectivity index (χ0n) is 10.1. The van der Waals surface area contributed by atoms with Gasteiger partial charge in [-0.05, 0) is 36.2 Å². The van der Waals surface area contributed by atoms with E-state index in [0.29, 0.717) is 11.4 Å². The third-order valence-electron chi connectivity index (χ3n) is 2.70. The van der Waals surface area contributed by atoms with Gasteiger partial charge in [-0.15, -0.1) is 11.3 Å². The second kappa shape index (κ2) is 5.69. The molecule has 0 radical (unpaired) electrons. The van der Waals surface area contributed by atoms with E-state index in [-0.39, 0.29) is 0 Å². The van der Waals surface area contributed by atoms with Crippen molar-refractivity contribution in [3.8, 4) is 0 Å². The molecule has 94 valence electrons. The maximum absolute atomic E-state index is 10.7. The second-order valence-electron chi connectivity index (χ2n) is 3.98. The maximum Gasteiger partial charge on any atom is 0.345 e. The van der Waals surface area contributed by atoms with Crippen molar-refractivity contribution < 1.29 is 9.90 Å². The van der Waals surface area contributed by atoms with Crippen LogP contribution in [-0.2, 0) is 13.0 Å². The van der Waals surface area contributed by atoms with E-state index < -0.39 is 5.97 Å². The number of anilines is 1. The highest BCUT2D eigenvalue weighted by atomic mass is 32.1. The van der Waals surface area contributed by atoms with E-state index in [1.807, 2.05) is 18.2 Å². The van der Waals surface area contributed by atoms with E-state index in [2.05, 4.69) is 24.4 Å². The average molecular weight is 261 g/mol. The molecule has 1 aromatic carbocycles. The lowest BCUT2D eigenvalue weighted by Gasteiger charge is -2.05. The summed E-state index contributed by atoms with van der Waals surface area (Å²) < 4.78 is 0. The Morgan fingerprint density at radius 1 is 1.22 bits per heavy atom. The Hall–Kier alpha value is -1.81. The molecular formula is C14H15NO2S. The molecule has 2 rings (SSSR count). The molecule has 2 N–H and O–H groups in total. The van der Waals surface area contributed by atoms with Gasteiger partial charge in [0.15, 0.2) is 0 Å². The van der Waals surface area contributed by atoms with Crippen LogP contribution in [0.1, 0.15) is 27.0 Å². The summed E-state index contributed by atoms with van der Waals surface area (Å²) in [4.78, 5) is 12.2. The fourth-order valence-electron chi connectivity index (χ4n) is 1.64. The van der Waals surface area contributed by atoms with E-state index in [4.69, 9.17) is 5.11 Å². The third kappa shape index (κ3) is 3.11. The molecule has 4 heteroatoms. The Morgan fingerprint density at radius 3 is 2.50 bits per heavy atom. The van der Waals surface area contributed by atoms with Crippen LogP contribution in [0.5, 0.6) is 0 Å². The van der Waals surface area contributed by atoms with Crippen LogP contribution in [0.4, 0.5) is 5.69 Å². The average Bonchev–Trinajstić information content (AvgIpc) is 2.86. The largest absolute Gasteiger partial charge is 0.477 e. The van der Waals surface area contributed by atoms with Crippen LogP contribution < -0.4 is 5.32 Å². The molecule has 0 saturated carbocycles. The fourth-order valence-corrected chi connectivity index (χ4v) is 2.42. The first-order valence-electron chi connectivity index (χ1n) is 5.84. The quantitative estimate of drug-likeness (QED) is 0.864. The SMILES string of the molecule is CCc1ccc(NCc2ccc(C(=O)O)s2)cc1. The number of aryl methyl sites for hydroxylation is 1. The first-order chi connectivity index (χ1) is 8.69. The zero-order valence-corrected chi connectivity index (χ0v) is 11.0. The monoisotopic (exact) mass is 261 g/mol. The molecule has 0 atom stereocenters. The summed E-state index contributed by atoms with van der Waals surface area (Å²) in [5.41, 5.74) is 2.36. The summed E-state index contributed by atoms with van der Waals surface area (Å²) in [7, 11) is 0. The van der Waals surface area contributed by atoms with Crippen molar-refractivity contribution in [2.75, 3.05) is 5.32 Å². The Balaban J connectivity index is 1.95. The standard InChI is InChI=1S/C14H15NO2S/c1-2-10-3-5-11(6-4-10)15-9-12-7-8-13(18-12)14(16)17/h3-8,15H,2,9H2,1H3,(H,16,17). The fraction of sp³-hybridized carbons (Fsp3) is 0.214. The predicted molar refractivity (Wildman–Crippen MR) is 74.4 cm³/mol. The van der Waals surface area contributed by atoms with Gasteiger partial charge >= 0.3 is 5.97 Å². The van der Waals surface area contributed by atoms with Crippen molar-refractivity contribution >= 4 is 23.0 Å². The lowest BCUT2D eigenvalue weighted by Crippen LogP contribution is -1.97. The van der Waals surface area contributed by atoms with Crippen LogP contribution in [0.3, 0.4) is 0 Å². The Morgan fingerprint density at radius 2 is 1.94 bits per heavy atom. The number of hydrogen-bond donors (Lipinski definition) is 2. The minimum atomic E-state index is -0.862. The van der Waals surface area contributed by atoms with E-state index in [1.165, 1.54) is 16.9 Å². The lowest BCUT2D eigenvalue weighted by molar-refractivity contribution is 0.0702. The summed E-state index contributed by atoms with van der Waals surface area (Å²) in [5.74, 6) is -0.862. The number of aromatic carboxylic acids is 1. The summed E-state index contributed by atoms with van der Waals surface area (Å²) in [6.07, 6.45) is 1.03. The summed E-state index contributed by atoms with van der Waals surface area (Å²) in [5, 5.41) is 12.1. The number of carboxylic acids is 1. The van der Waals surface area contributed by atoms with E-state index in [1.54, 1.807) is 6.07 Å². The number of rotatable bonds is 5. The normalized spacial score (nSPS) is 10.3. The highest BCUT2D eigenvalue weighted by Gasteiger charge is 2.06.